The van der Waals surface area contributed by atoms with Crippen molar-refractivity contribution in [3.8, 4) is 0 Å². The summed E-state index contributed by atoms with van der Waals surface area (Å²) in [6.07, 6.45) is 0. The molecule has 0 saturated carbocycles. The molecule has 2 nitrogen and oxygen atoms in total. The molecule has 104 valence electrons. The number of aromatic amines is 1. The molecule has 0 fully saturated rings. The summed E-state index contributed by atoms with van der Waals surface area (Å²) in [5.74, 6) is 0. The van der Waals surface area contributed by atoms with E-state index in [2.05, 4.69) is 41.4 Å². The van der Waals surface area contributed by atoms with Gasteiger partial charge in [-0.2, -0.15) is 0 Å². The van der Waals surface area contributed by atoms with E-state index in [1.807, 2.05) is 24.3 Å². The number of thiophene rings is 1. The Morgan fingerprint density at radius 2 is 1.36 bits per heavy atom. The largest absolute Gasteiger partial charge is 0.320 e. The molecular formula is C19H11NOS. The van der Waals surface area contributed by atoms with E-state index >= 15 is 0 Å². The Morgan fingerprint density at radius 3 is 2.23 bits per heavy atom. The maximum Gasteiger partial charge on any atom is 0.256 e. The van der Waals surface area contributed by atoms with Gasteiger partial charge in [0.1, 0.15) is 0 Å². The van der Waals surface area contributed by atoms with Crippen molar-refractivity contribution in [2.24, 2.45) is 0 Å². The monoisotopic (exact) mass is 301 g/mol. The lowest BCUT2D eigenvalue weighted by Gasteiger charge is -2.04. The molecule has 0 spiro atoms. The Hall–Kier alpha value is -2.65. The van der Waals surface area contributed by atoms with Crippen molar-refractivity contribution < 1.29 is 0 Å². The van der Waals surface area contributed by atoms with E-state index in [4.69, 9.17) is 0 Å². The Morgan fingerprint density at radius 1 is 0.682 bits per heavy atom. The van der Waals surface area contributed by atoms with E-state index < -0.39 is 0 Å². The van der Waals surface area contributed by atoms with Crippen LogP contribution in [0, 0.1) is 0 Å². The summed E-state index contributed by atoms with van der Waals surface area (Å²) in [6.45, 7) is 0. The van der Waals surface area contributed by atoms with Crippen LogP contribution in [-0.4, -0.2) is 4.98 Å². The lowest BCUT2D eigenvalue weighted by Crippen LogP contribution is -2.05. The Kier molecular flexibility index (Phi) is 2.27. The van der Waals surface area contributed by atoms with E-state index in [9.17, 15) is 4.79 Å². The lowest BCUT2D eigenvalue weighted by atomic mass is 10.0. The third-order valence-corrected chi connectivity index (χ3v) is 5.45. The highest BCUT2D eigenvalue weighted by Crippen LogP contribution is 2.38. The van der Waals surface area contributed by atoms with Gasteiger partial charge in [-0.15, -0.1) is 11.3 Å². The summed E-state index contributed by atoms with van der Waals surface area (Å²) < 4.78 is 2.40. The summed E-state index contributed by atoms with van der Waals surface area (Å²) in [6, 6.07) is 20.5. The second-order valence-electron chi connectivity index (χ2n) is 5.46. The van der Waals surface area contributed by atoms with Gasteiger partial charge in [-0.05, 0) is 17.5 Å². The predicted octanol–water partition coefficient (Wildman–Crippen LogP) is 5.05. The maximum absolute atomic E-state index is 12.4. The molecule has 2 aromatic heterocycles. The molecule has 3 aromatic carbocycles. The number of hydrogen-bond acceptors (Lipinski definition) is 2. The molecule has 0 bridgehead atoms. The number of H-pyrrole nitrogens is 1. The first-order valence-corrected chi connectivity index (χ1v) is 7.99. The number of nitrogens with one attached hydrogen (secondary N) is 1. The van der Waals surface area contributed by atoms with Crippen molar-refractivity contribution in [2.75, 3.05) is 0 Å². The van der Waals surface area contributed by atoms with E-state index in [0.717, 1.165) is 26.4 Å². The number of fused-ring (bicyclic) bond motifs is 7. The first-order valence-electron chi connectivity index (χ1n) is 7.18. The van der Waals surface area contributed by atoms with Crippen molar-refractivity contribution in [1.29, 1.82) is 0 Å². The van der Waals surface area contributed by atoms with Gasteiger partial charge in [0.15, 0.2) is 0 Å². The zero-order chi connectivity index (χ0) is 14.7. The van der Waals surface area contributed by atoms with Crippen molar-refractivity contribution >= 4 is 53.2 Å². The van der Waals surface area contributed by atoms with Gasteiger partial charge in [-0.3, -0.25) is 4.79 Å². The van der Waals surface area contributed by atoms with Crippen LogP contribution in [0.5, 0.6) is 0 Å². The average Bonchev–Trinajstić information content (AvgIpc) is 2.94. The van der Waals surface area contributed by atoms with E-state index in [1.165, 1.54) is 15.5 Å². The molecular weight excluding hydrogens is 290 g/mol. The molecule has 0 radical (unpaired) electrons. The van der Waals surface area contributed by atoms with Crippen LogP contribution in [0.4, 0.5) is 0 Å². The third kappa shape index (κ3) is 1.46. The standard InChI is InChI=1S/C19H11NOS/c21-19-15-7-2-1-5-11(15)13-9-10-14-12-6-3-4-8-16(12)22-18(14)17(13)20-19/h1-10H,(H,20,21). The highest BCUT2D eigenvalue weighted by atomic mass is 32.1. The molecule has 0 aliphatic rings. The zero-order valence-electron chi connectivity index (χ0n) is 11.6. The first kappa shape index (κ1) is 12.0. The molecule has 5 aromatic rings. The fraction of sp³-hybridized carbons (Fsp3) is 0. The van der Waals surface area contributed by atoms with Gasteiger partial charge in [0.25, 0.3) is 5.56 Å². The predicted molar refractivity (Wildman–Crippen MR) is 95.0 cm³/mol. The number of hydrogen-bond donors (Lipinski definition) is 1. The van der Waals surface area contributed by atoms with Gasteiger partial charge >= 0.3 is 0 Å². The molecule has 0 atom stereocenters. The van der Waals surface area contributed by atoms with E-state index in [1.54, 1.807) is 11.3 Å². The fourth-order valence-electron chi connectivity index (χ4n) is 3.23. The zero-order valence-corrected chi connectivity index (χ0v) is 12.4. The smallest absolute Gasteiger partial charge is 0.256 e. The second kappa shape index (κ2) is 4.18. The number of benzene rings is 3. The highest BCUT2D eigenvalue weighted by molar-refractivity contribution is 7.26. The SMILES string of the molecule is O=c1[nH]c2c(ccc3c4ccccc4sc32)c2ccccc12. The first-order chi connectivity index (χ1) is 10.8. The molecule has 0 amide bonds. The average molecular weight is 301 g/mol. The van der Waals surface area contributed by atoms with Gasteiger partial charge in [-0.1, -0.05) is 48.5 Å². The molecule has 1 N–H and O–H groups in total. The van der Waals surface area contributed by atoms with Crippen LogP contribution in [0.25, 0.3) is 41.8 Å². The van der Waals surface area contributed by atoms with Gasteiger partial charge in [0, 0.05) is 26.2 Å². The quantitative estimate of drug-likeness (QED) is 0.399. The van der Waals surface area contributed by atoms with Gasteiger partial charge in [-0.25, -0.2) is 0 Å². The summed E-state index contributed by atoms with van der Waals surface area (Å²) >= 11 is 1.74. The molecule has 0 saturated heterocycles. The van der Waals surface area contributed by atoms with Crippen LogP contribution < -0.4 is 5.56 Å². The molecule has 0 aliphatic heterocycles. The van der Waals surface area contributed by atoms with Crippen LogP contribution in [0.3, 0.4) is 0 Å². The van der Waals surface area contributed by atoms with Crippen LogP contribution in [0.2, 0.25) is 0 Å². The molecule has 3 heteroatoms. The Labute approximate surface area is 129 Å². The molecule has 22 heavy (non-hydrogen) atoms. The topological polar surface area (TPSA) is 32.9 Å². The normalized spacial score (nSPS) is 11.8. The molecule has 5 rings (SSSR count). The lowest BCUT2D eigenvalue weighted by molar-refractivity contribution is 1.36. The van der Waals surface area contributed by atoms with Crippen LogP contribution >= 0.6 is 11.3 Å². The highest BCUT2D eigenvalue weighted by Gasteiger charge is 2.11. The van der Waals surface area contributed by atoms with Crippen molar-refractivity contribution in [1.82, 2.24) is 4.98 Å². The van der Waals surface area contributed by atoms with E-state index in [0.29, 0.717) is 0 Å². The van der Waals surface area contributed by atoms with Crippen LogP contribution in [-0.2, 0) is 0 Å². The third-order valence-electron chi connectivity index (χ3n) is 4.25. The maximum atomic E-state index is 12.4. The van der Waals surface area contributed by atoms with Crippen LogP contribution in [0.15, 0.2) is 65.5 Å². The molecule has 0 unspecified atom stereocenters. The Balaban J connectivity index is 2.11. The fourth-order valence-corrected chi connectivity index (χ4v) is 4.44. The van der Waals surface area contributed by atoms with Crippen molar-refractivity contribution in [2.45, 2.75) is 0 Å². The minimum atomic E-state index is -0.0203. The van der Waals surface area contributed by atoms with Gasteiger partial charge in [0.2, 0.25) is 0 Å². The summed E-state index contributed by atoms with van der Waals surface area (Å²) in [7, 11) is 0. The summed E-state index contributed by atoms with van der Waals surface area (Å²) in [5, 5.41) is 5.32. The van der Waals surface area contributed by atoms with Gasteiger partial charge in [0.05, 0.1) is 10.2 Å². The minimum Gasteiger partial charge on any atom is -0.320 e. The Bertz CT molecular complexity index is 1250. The number of pyridine rings is 1. The molecule has 2 heterocycles. The van der Waals surface area contributed by atoms with Crippen LogP contribution in [0.1, 0.15) is 0 Å². The number of aromatic nitrogens is 1. The minimum absolute atomic E-state index is 0.0203. The van der Waals surface area contributed by atoms with E-state index in [-0.39, 0.29) is 5.56 Å². The van der Waals surface area contributed by atoms with Crippen molar-refractivity contribution in [3.63, 3.8) is 0 Å². The van der Waals surface area contributed by atoms with Crippen molar-refractivity contribution in [3.05, 3.63) is 71.0 Å². The molecule has 0 aliphatic carbocycles. The number of rotatable bonds is 0. The summed E-state index contributed by atoms with van der Waals surface area (Å²) in [4.78, 5) is 15.5. The second-order valence-corrected chi connectivity index (χ2v) is 6.51. The van der Waals surface area contributed by atoms with Gasteiger partial charge < -0.3 is 4.98 Å². The summed E-state index contributed by atoms with van der Waals surface area (Å²) in [5.41, 5.74) is 0.926.